The lowest BCUT2D eigenvalue weighted by molar-refractivity contribution is -0.129. The fraction of sp³-hybridized carbons (Fsp3) is 0.562. The van der Waals surface area contributed by atoms with Gasteiger partial charge in [0.1, 0.15) is 12.4 Å². The molecule has 1 fully saturated rings. The summed E-state index contributed by atoms with van der Waals surface area (Å²) in [6, 6.07) is 10.2. The second-order valence-corrected chi connectivity index (χ2v) is 5.34. The standard InChI is InChI=1S/C16H24N2O2/c1-18(11-12-20-15-9-3-2-4-10-15)16(19)13-17-14-7-5-6-8-14/h2-4,9-10,14,17H,5-8,11-13H2,1H3. The first kappa shape index (κ1) is 14.9. The Morgan fingerprint density at radius 1 is 1.30 bits per heavy atom. The van der Waals surface area contributed by atoms with Crippen LogP contribution < -0.4 is 10.1 Å². The van der Waals surface area contributed by atoms with Crippen molar-refractivity contribution >= 4 is 5.91 Å². The van der Waals surface area contributed by atoms with Crippen LogP contribution in [0.1, 0.15) is 25.7 Å². The molecule has 2 rings (SSSR count). The normalized spacial score (nSPS) is 15.2. The minimum absolute atomic E-state index is 0.133. The van der Waals surface area contributed by atoms with Crippen LogP contribution >= 0.6 is 0 Å². The summed E-state index contributed by atoms with van der Waals surface area (Å²) in [5.74, 6) is 0.978. The molecule has 1 amide bonds. The molecule has 1 aliphatic rings. The number of benzene rings is 1. The van der Waals surface area contributed by atoms with Gasteiger partial charge in [-0.25, -0.2) is 0 Å². The molecule has 4 nitrogen and oxygen atoms in total. The summed E-state index contributed by atoms with van der Waals surface area (Å²) in [6.45, 7) is 1.57. The second kappa shape index (κ2) is 7.90. The number of nitrogens with one attached hydrogen (secondary N) is 1. The average molecular weight is 276 g/mol. The Morgan fingerprint density at radius 3 is 2.70 bits per heavy atom. The van der Waals surface area contributed by atoms with E-state index in [1.54, 1.807) is 4.90 Å². The first-order chi connectivity index (χ1) is 9.75. The Hall–Kier alpha value is -1.55. The molecule has 0 spiro atoms. The highest BCUT2D eigenvalue weighted by atomic mass is 16.5. The summed E-state index contributed by atoms with van der Waals surface area (Å²) in [7, 11) is 1.83. The fourth-order valence-electron chi connectivity index (χ4n) is 2.44. The number of rotatable bonds is 7. The summed E-state index contributed by atoms with van der Waals surface area (Å²) in [5.41, 5.74) is 0. The number of nitrogens with zero attached hydrogens (tertiary/aromatic N) is 1. The lowest BCUT2D eigenvalue weighted by Crippen LogP contribution is -2.40. The Labute approximate surface area is 121 Å². The van der Waals surface area contributed by atoms with Crippen molar-refractivity contribution in [3.8, 4) is 5.75 Å². The van der Waals surface area contributed by atoms with Crippen molar-refractivity contribution in [3.63, 3.8) is 0 Å². The first-order valence-electron chi connectivity index (χ1n) is 7.41. The Balaban J connectivity index is 1.61. The highest BCUT2D eigenvalue weighted by Gasteiger charge is 2.16. The molecular weight excluding hydrogens is 252 g/mol. The third-order valence-electron chi connectivity index (χ3n) is 3.76. The molecule has 0 aliphatic heterocycles. The van der Waals surface area contributed by atoms with Crippen molar-refractivity contribution in [2.45, 2.75) is 31.7 Å². The maximum atomic E-state index is 11.9. The fourth-order valence-corrected chi connectivity index (χ4v) is 2.44. The molecular formula is C16H24N2O2. The monoisotopic (exact) mass is 276 g/mol. The molecule has 110 valence electrons. The van der Waals surface area contributed by atoms with Gasteiger partial charge in [0, 0.05) is 13.1 Å². The van der Waals surface area contributed by atoms with Gasteiger partial charge in [-0.05, 0) is 25.0 Å². The molecule has 1 aliphatic carbocycles. The van der Waals surface area contributed by atoms with E-state index in [0.717, 1.165) is 5.75 Å². The maximum absolute atomic E-state index is 11.9. The first-order valence-corrected chi connectivity index (χ1v) is 7.41. The van der Waals surface area contributed by atoms with Crippen molar-refractivity contribution in [1.29, 1.82) is 0 Å². The number of para-hydroxylation sites is 1. The summed E-state index contributed by atoms with van der Waals surface area (Å²) >= 11 is 0. The van der Waals surface area contributed by atoms with Crippen molar-refractivity contribution in [3.05, 3.63) is 30.3 Å². The molecule has 0 aromatic heterocycles. The maximum Gasteiger partial charge on any atom is 0.236 e. The topological polar surface area (TPSA) is 41.6 Å². The van der Waals surface area contributed by atoms with Gasteiger partial charge >= 0.3 is 0 Å². The average Bonchev–Trinajstić information content (AvgIpc) is 2.99. The summed E-state index contributed by atoms with van der Waals surface area (Å²) in [5, 5.41) is 3.34. The van der Waals surface area contributed by atoms with Crippen LogP contribution in [-0.2, 0) is 4.79 Å². The molecule has 0 atom stereocenters. The Morgan fingerprint density at radius 2 is 2.00 bits per heavy atom. The van der Waals surface area contributed by atoms with Crippen LogP contribution in [0.5, 0.6) is 5.75 Å². The number of ether oxygens (including phenoxy) is 1. The van der Waals surface area contributed by atoms with Crippen LogP contribution in [-0.4, -0.2) is 43.6 Å². The summed E-state index contributed by atoms with van der Waals surface area (Å²) < 4.78 is 5.59. The number of hydrogen-bond acceptors (Lipinski definition) is 3. The van der Waals surface area contributed by atoms with Crippen LogP contribution in [0.15, 0.2) is 30.3 Å². The van der Waals surface area contributed by atoms with E-state index in [1.807, 2.05) is 37.4 Å². The number of amides is 1. The number of carbonyl (C=O) groups is 1. The molecule has 0 radical (unpaired) electrons. The van der Waals surface area contributed by atoms with Crippen molar-refractivity contribution < 1.29 is 9.53 Å². The van der Waals surface area contributed by atoms with Gasteiger partial charge in [0.2, 0.25) is 5.91 Å². The van der Waals surface area contributed by atoms with Gasteiger partial charge in [0.25, 0.3) is 0 Å². The molecule has 1 saturated carbocycles. The van der Waals surface area contributed by atoms with Gasteiger partial charge < -0.3 is 15.0 Å². The minimum Gasteiger partial charge on any atom is -0.492 e. The largest absolute Gasteiger partial charge is 0.492 e. The van der Waals surface area contributed by atoms with Gasteiger partial charge in [-0.3, -0.25) is 4.79 Å². The van der Waals surface area contributed by atoms with Crippen molar-refractivity contribution in [1.82, 2.24) is 10.2 Å². The van der Waals surface area contributed by atoms with Crippen LogP contribution in [0.25, 0.3) is 0 Å². The van der Waals surface area contributed by atoms with Crippen LogP contribution in [0.3, 0.4) is 0 Å². The van der Waals surface area contributed by atoms with Crippen LogP contribution in [0.4, 0.5) is 0 Å². The molecule has 1 N–H and O–H groups in total. The molecule has 4 heteroatoms. The zero-order valence-corrected chi connectivity index (χ0v) is 12.2. The lowest BCUT2D eigenvalue weighted by atomic mass is 10.2. The minimum atomic E-state index is 0.133. The van der Waals surface area contributed by atoms with Gasteiger partial charge in [0.15, 0.2) is 0 Å². The molecule has 1 aromatic carbocycles. The Bertz CT molecular complexity index is 402. The SMILES string of the molecule is CN(CCOc1ccccc1)C(=O)CNC1CCCC1. The van der Waals surface area contributed by atoms with Crippen molar-refractivity contribution in [2.75, 3.05) is 26.7 Å². The zero-order valence-electron chi connectivity index (χ0n) is 12.2. The predicted octanol–water partition coefficient (Wildman–Crippen LogP) is 2.06. The number of hydrogen-bond donors (Lipinski definition) is 1. The lowest BCUT2D eigenvalue weighted by Gasteiger charge is -2.19. The van der Waals surface area contributed by atoms with E-state index in [-0.39, 0.29) is 5.91 Å². The van der Waals surface area contributed by atoms with E-state index < -0.39 is 0 Å². The van der Waals surface area contributed by atoms with Crippen molar-refractivity contribution in [2.24, 2.45) is 0 Å². The molecule has 0 unspecified atom stereocenters. The van der Waals surface area contributed by atoms with Gasteiger partial charge in [-0.2, -0.15) is 0 Å². The summed E-state index contributed by atoms with van der Waals surface area (Å²) in [4.78, 5) is 13.7. The highest BCUT2D eigenvalue weighted by molar-refractivity contribution is 5.77. The molecule has 0 bridgehead atoms. The molecule has 0 saturated heterocycles. The van der Waals surface area contributed by atoms with Gasteiger partial charge in [0.05, 0.1) is 13.1 Å². The smallest absolute Gasteiger partial charge is 0.236 e. The van der Waals surface area contributed by atoms with Gasteiger partial charge in [-0.15, -0.1) is 0 Å². The predicted molar refractivity (Wildman–Crippen MR) is 79.8 cm³/mol. The third kappa shape index (κ3) is 4.85. The van der Waals surface area contributed by atoms with Crippen LogP contribution in [0, 0.1) is 0 Å². The molecule has 1 aromatic rings. The van der Waals surface area contributed by atoms with E-state index in [0.29, 0.717) is 25.7 Å². The molecule has 20 heavy (non-hydrogen) atoms. The zero-order chi connectivity index (χ0) is 14.2. The Kier molecular flexibility index (Phi) is 5.87. The highest BCUT2D eigenvalue weighted by Crippen LogP contribution is 2.17. The quantitative estimate of drug-likeness (QED) is 0.829. The van der Waals surface area contributed by atoms with E-state index in [9.17, 15) is 4.79 Å². The van der Waals surface area contributed by atoms with E-state index >= 15 is 0 Å². The summed E-state index contributed by atoms with van der Waals surface area (Å²) in [6.07, 6.45) is 4.97. The number of carbonyl (C=O) groups excluding carboxylic acids is 1. The van der Waals surface area contributed by atoms with Crippen LogP contribution in [0.2, 0.25) is 0 Å². The van der Waals surface area contributed by atoms with E-state index in [2.05, 4.69) is 5.32 Å². The third-order valence-corrected chi connectivity index (χ3v) is 3.76. The molecule has 0 heterocycles. The van der Waals surface area contributed by atoms with Gasteiger partial charge in [-0.1, -0.05) is 31.0 Å². The second-order valence-electron chi connectivity index (χ2n) is 5.34. The van der Waals surface area contributed by atoms with E-state index in [4.69, 9.17) is 4.74 Å². The van der Waals surface area contributed by atoms with E-state index in [1.165, 1.54) is 25.7 Å². The number of likely N-dealkylation sites (N-methyl/N-ethyl adjacent to an activating group) is 1.